The van der Waals surface area contributed by atoms with Crippen molar-refractivity contribution in [2.24, 2.45) is 0 Å². The molecule has 3 rings (SSSR count). The van der Waals surface area contributed by atoms with E-state index >= 15 is 0 Å². The second-order valence-corrected chi connectivity index (χ2v) is 7.01. The lowest BCUT2D eigenvalue weighted by molar-refractivity contribution is -0.122. The predicted octanol–water partition coefficient (Wildman–Crippen LogP) is 1.42. The lowest BCUT2D eigenvalue weighted by Crippen LogP contribution is -2.46. The highest BCUT2D eigenvalue weighted by Crippen LogP contribution is 2.32. The van der Waals surface area contributed by atoms with E-state index in [1.54, 1.807) is 14.2 Å². The number of rotatable bonds is 8. The van der Waals surface area contributed by atoms with Crippen molar-refractivity contribution in [1.29, 1.82) is 0 Å². The van der Waals surface area contributed by atoms with Crippen molar-refractivity contribution in [3.05, 3.63) is 23.8 Å². The number of ether oxygens (including phenoxy) is 4. The SMILES string of the molecule is COc1ccc(C(CNC(=O)CC2COCCN2)N2CCOCC2)cc1OC.Cl.Cl. The summed E-state index contributed by atoms with van der Waals surface area (Å²) in [4.78, 5) is 14.8. The van der Waals surface area contributed by atoms with Gasteiger partial charge in [-0.15, -0.1) is 24.8 Å². The van der Waals surface area contributed by atoms with Gasteiger partial charge in [-0.1, -0.05) is 6.07 Å². The maximum atomic E-state index is 12.5. The fourth-order valence-corrected chi connectivity index (χ4v) is 3.66. The molecule has 2 saturated heterocycles. The van der Waals surface area contributed by atoms with E-state index in [9.17, 15) is 4.79 Å². The topological polar surface area (TPSA) is 81.3 Å². The molecule has 0 radical (unpaired) electrons. The Kier molecular flexibility index (Phi) is 12.4. The van der Waals surface area contributed by atoms with Crippen LogP contribution in [0.25, 0.3) is 0 Å². The van der Waals surface area contributed by atoms with E-state index < -0.39 is 0 Å². The number of benzene rings is 1. The van der Waals surface area contributed by atoms with E-state index in [4.69, 9.17) is 18.9 Å². The number of amides is 1. The van der Waals surface area contributed by atoms with Gasteiger partial charge in [0.25, 0.3) is 0 Å². The Hall–Kier alpha value is -1.29. The average Bonchev–Trinajstić information content (AvgIpc) is 2.75. The molecule has 0 spiro atoms. The van der Waals surface area contributed by atoms with Crippen LogP contribution in [0.1, 0.15) is 18.0 Å². The summed E-state index contributed by atoms with van der Waals surface area (Å²) >= 11 is 0. The summed E-state index contributed by atoms with van der Waals surface area (Å²) in [5.41, 5.74) is 1.08. The van der Waals surface area contributed by atoms with Crippen molar-refractivity contribution in [3.63, 3.8) is 0 Å². The first-order valence-corrected chi connectivity index (χ1v) is 9.83. The highest BCUT2D eigenvalue weighted by molar-refractivity contribution is 5.85. The molecule has 0 aliphatic carbocycles. The molecule has 10 heteroatoms. The van der Waals surface area contributed by atoms with Crippen LogP contribution >= 0.6 is 24.8 Å². The minimum Gasteiger partial charge on any atom is -0.493 e. The number of methoxy groups -OCH3 is 2. The standard InChI is InChI=1S/C20H31N3O5.2ClH/c1-25-18-4-3-15(11-19(18)26-2)17(23-6-9-27-10-7-23)13-22-20(24)12-16-14-28-8-5-21-16;;/h3-4,11,16-17,21H,5-10,12-14H2,1-2H3,(H,22,24);2*1H. The van der Waals surface area contributed by atoms with Crippen LogP contribution in [0.15, 0.2) is 18.2 Å². The van der Waals surface area contributed by atoms with E-state index in [2.05, 4.69) is 15.5 Å². The molecule has 1 aromatic rings. The molecule has 2 heterocycles. The van der Waals surface area contributed by atoms with E-state index in [0.29, 0.717) is 50.9 Å². The van der Waals surface area contributed by atoms with E-state index in [-0.39, 0.29) is 42.8 Å². The molecular weight excluding hydrogens is 433 g/mol. The molecule has 2 unspecified atom stereocenters. The number of nitrogens with zero attached hydrogens (tertiary/aromatic N) is 1. The van der Waals surface area contributed by atoms with Crippen molar-refractivity contribution in [2.75, 3.05) is 66.8 Å². The zero-order valence-corrected chi connectivity index (χ0v) is 19.2. The minimum atomic E-state index is 0. The third kappa shape index (κ3) is 7.44. The third-order valence-electron chi connectivity index (χ3n) is 5.20. The van der Waals surface area contributed by atoms with Crippen molar-refractivity contribution in [1.82, 2.24) is 15.5 Å². The molecule has 0 bridgehead atoms. The van der Waals surface area contributed by atoms with Gasteiger partial charge in [-0.05, 0) is 17.7 Å². The van der Waals surface area contributed by atoms with Crippen molar-refractivity contribution >= 4 is 30.7 Å². The number of carbonyl (C=O) groups excluding carboxylic acids is 1. The molecule has 30 heavy (non-hydrogen) atoms. The van der Waals surface area contributed by atoms with Crippen molar-refractivity contribution in [2.45, 2.75) is 18.5 Å². The van der Waals surface area contributed by atoms with E-state index in [1.165, 1.54) is 0 Å². The van der Waals surface area contributed by atoms with Gasteiger partial charge in [0.15, 0.2) is 11.5 Å². The third-order valence-corrected chi connectivity index (χ3v) is 5.20. The number of nitrogens with one attached hydrogen (secondary N) is 2. The van der Waals surface area contributed by atoms with Crippen molar-refractivity contribution in [3.8, 4) is 11.5 Å². The summed E-state index contributed by atoms with van der Waals surface area (Å²) < 4.78 is 21.7. The van der Waals surface area contributed by atoms with Crippen molar-refractivity contribution < 1.29 is 23.7 Å². The molecule has 2 aliphatic heterocycles. The van der Waals surface area contributed by atoms with Gasteiger partial charge in [-0.2, -0.15) is 0 Å². The van der Waals surface area contributed by atoms with Gasteiger partial charge in [0.05, 0.1) is 46.7 Å². The number of carbonyl (C=O) groups is 1. The molecule has 8 nitrogen and oxygen atoms in total. The Morgan fingerprint density at radius 2 is 1.90 bits per heavy atom. The number of morpholine rings is 2. The monoisotopic (exact) mass is 465 g/mol. The largest absolute Gasteiger partial charge is 0.493 e. The lowest BCUT2D eigenvalue weighted by atomic mass is 10.0. The smallest absolute Gasteiger partial charge is 0.221 e. The first kappa shape index (κ1) is 26.7. The molecular formula is C20H33Cl2N3O5. The van der Waals surface area contributed by atoms with E-state index in [0.717, 1.165) is 25.2 Å². The summed E-state index contributed by atoms with van der Waals surface area (Å²) in [5.74, 6) is 1.41. The van der Waals surface area contributed by atoms with Gasteiger partial charge >= 0.3 is 0 Å². The number of hydrogen-bond donors (Lipinski definition) is 2. The summed E-state index contributed by atoms with van der Waals surface area (Å²) in [7, 11) is 3.26. The Labute approximate surface area is 190 Å². The van der Waals surface area contributed by atoms with Crippen LogP contribution < -0.4 is 20.1 Å². The Morgan fingerprint density at radius 1 is 1.17 bits per heavy atom. The Balaban J connectivity index is 0.00000225. The Morgan fingerprint density at radius 3 is 2.53 bits per heavy atom. The molecule has 2 atom stereocenters. The van der Waals surface area contributed by atoms with Gasteiger partial charge in [0, 0.05) is 38.6 Å². The van der Waals surface area contributed by atoms with Crippen LogP contribution in [0.2, 0.25) is 0 Å². The van der Waals surface area contributed by atoms with Gasteiger partial charge < -0.3 is 29.6 Å². The summed E-state index contributed by atoms with van der Waals surface area (Å²) in [6.07, 6.45) is 0.418. The summed E-state index contributed by atoms with van der Waals surface area (Å²) in [6.45, 7) is 5.65. The van der Waals surface area contributed by atoms with Crippen LogP contribution in [0, 0.1) is 0 Å². The zero-order chi connectivity index (χ0) is 19.8. The molecule has 2 N–H and O–H groups in total. The molecule has 172 valence electrons. The lowest BCUT2D eigenvalue weighted by Gasteiger charge is -2.35. The van der Waals surface area contributed by atoms with Crippen LogP contribution in [-0.2, 0) is 14.3 Å². The summed E-state index contributed by atoms with van der Waals surface area (Å²) in [6, 6.07) is 6.05. The van der Waals surface area contributed by atoms with Crippen LogP contribution in [0.4, 0.5) is 0 Å². The normalized spacial score (nSPS) is 20.3. The first-order chi connectivity index (χ1) is 13.7. The molecule has 1 aromatic carbocycles. The minimum absolute atomic E-state index is 0. The zero-order valence-electron chi connectivity index (χ0n) is 17.6. The number of halogens is 2. The summed E-state index contributed by atoms with van der Waals surface area (Å²) in [5, 5.41) is 6.42. The molecule has 0 saturated carbocycles. The quantitative estimate of drug-likeness (QED) is 0.600. The Bertz CT molecular complexity index is 641. The van der Waals surface area contributed by atoms with Gasteiger partial charge in [-0.3, -0.25) is 9.69 Å². The van der Waals surface area contributed by atoms with Gasteiger partial charge in [-0.25, -0.2) is 0 Å². The predicted molar refractivity (Wildman–Crippen MR) is 119 cm³/mol. The van der Waals surface area contributed by atoms with Crippen LogP contribution in [-0.4, -0.2) is 83.7 Å². The average molecular weight is 466 g/mol. The maximum absolute atomic E-state index is 12.5. The highest BCUT2D eigenvalue weighted by Gasteiger charge is 2.25. The molecule has 2 fully saturated rings. The maximum Gasteiger partial charge on any atom is 0.221 e. The van der Waals surface area contributed by atoms with E-state index in [1.807, 2.05) is 18.2 Å². The first-order valence-electron chi connectivity index (χ1n) is 9.83. The van der Waals surface area contributed by atoms with Crippen LogP contribution in [0.3, 0.4) is 0 Å². The van der Waals surface area contributed by atoms with Gasteiger partial charge in [0.1, 0.15) is 0 Å². The second-order valence-electron chi connectivity index (χ2n) is 7.01. The highest BCUT2D eigenvalue weighted by atomic mass is 35.5. The number of hydrogen-bond acceptors (Lipinski definition) is 7. The van der Waals surface area contributed by atoms with Gasteiger partial charge in [0.2, 0.25) is 5.91 Å². The fourth-order valence-electron chi connectivity index (χ4n) is 3.66. The molecule has 0 aromatic heterocycles. The molecule has 1 amide bonds. The van der Waals surface area contributed by atoms with Crippen LogP contribution in [0.5, 0.6) is 11.5 Å². The second kappa shape index (κ2) is 13.9. The molecule has 2 aliphatic rings. The fraction of sp³-hybridized carbons (Fsp3) is 0.650.